The van der Waals surface area contributed by atoms with Gasteiger partial charge in [-0.1, -0.05) is 36.4 Å². The van der Waals surface area contributed by atoms with Gasteiger partial charge in [-0.25, -0.2) is 0 Å². The normalized spacial score (nSPS) is 11.3. The molecule has 1 N–H and O–H groups in total. The van der Waals surface area contributed by atoms with E-state index in [2.05, 4.69) is 15.5 Å². The summed E-state index contributed by atoms with van der Waals surface area (Å²) in [7, 11) is 0. The number of alkyl halides is 3. The molecule has 3 aromatic rings. The Kier molecular flexibility index (Phi) is 5.01. The maximum absolute atomic E-state index is 12.7. The molecule has 0 bridgehead atoms. The van der Waals surface area contributed by atoms with Gasteiger partial charge in [0.2, 0.25) is 5.89 Å². The predicted octanol–water partition coefficient (Wildman–Crippen LogP) is 4.13. The fourth-order valence-corrected chi connectivity index (χ4v) is 2.30. The fourth-order valence-electron chi connectivity index (χ4n) is 2.30. The van der Waals surface area contributed by atoms with Crippen LogP contribution < -0.4 is 5.32 Å². The SMILES string of the molecule is O=C(Nc1cccc(C(F)(F)F)c1)c1nnc(CCc2ccccc2)o1. The number of aromatic nitrogens is 2. The first-order chi connectivity index (χ1) is 12.4. The number of carbonyl (C=O) groups is 1. The standard InChI is InChI=1S/C18H14F3N3O2/c19-18(20,21)13-7-4-8-14(11-13)22-16(25)17-24-23-15(26-17)10-9-12-5-2-1-3-6-12/h1-8,11H,9-10H2,(H,22,25). The summed E-state index contributed by atoms with van der Waals surface area (Å²) in [5, 5.41) is 9.76. The zero-order chi connectivity index (χ0) is 18.6. The van der Waals surface area contributed by atoms with Crippen LogP contribution in [0.5, 0.6) is 0 Å². The van der Waals surface area contributed by atoms with E-state index in [-0.39, 0.29) is 17.5 Å². The van der Waals surface area contributed by atoms with Crippen LogP contribution in [0, 0.1) is 0 Å². The van der Waals surface area contributed by atoms with Gasteiger partial charge in [0.1, 0.15) is 0 Å². The second kappa shape index (κ2) is 7.38. The number of hydrogen-bond acceptors (Lipinski definition) is 4. The van der Waals surface area contributed by atoms with Crippen molar-refractivity contribution >= 4 is 11.6 Å². The Morgan fingerprint density at radius 3 is 2.50 bits per heavy atom. The molecule has 8 heteroatoms. The third-order valence-corrected chi connectivity index (χ3v) is 3.58. The van der Waals surface area contributed by atoms with Crippen LogP contribution in [0.1, 0.15) is 27.7 Å². The Hall–Kier alpha value is -3.16. The molecule has 1 aromatic heterocycles. The zero-order valence-corrected chi connectivity index (χ0v) is 13.5. The third-order valence-electron chi connectivity index (χ3n) is 3.58. The van der Waals surface area contributed by atoms with Crippen molar-refractivity contribution in [1.82, 2.24) is 10.2 Å². The molecule has 26 heavy (non-hydrogen) atoms. The van der Waals surface area contributed by atoms with Gasteiger partial charge >= 0.3 is 18.0 Å². The Labute approximate surface area is 146 Å². The second-order valence-corrected chi connectivity index (χ2v) is 5.52. The van der Waals surface area contributed by atoms with E-state index in [4.69, 9.17) is 4.42 Å². The molecule has 5 nitrogen and oxygen atoms in total. The van der Waals surface area contributed by atoms with Crippen molar-refractivity contribution in [3.8, 4) is 0 Å². The summed E-state index contributed by atoms with van der Waals surface area (Å²) in [5.74, 6) is -0.781. The van der Waals surface area contributed by atoms with Crippen molar-refractivity contribution < 1.29 is 22.4 Å². The van der Waals surface area contributed by atoms with Crippen molar-refractivity contribution in [1.29, 1.82) is 0 Å². The lowest BCUT2D eigenvalue weighted by atomic mass is 10.1. The highest BCUT2D eigenvalue weighted by Crippen LogP contribution is 2.30. The van der Waals surface area contributed by atoms with Crippen LogP contribution in [-0.4, -0.2) is 16.1 Å². The number of halogens is 3. The van der Waals surface area contributed by atoms with Crippen LogP contribution in [0.4, 0.5) is 18.9 Å². The molecule has 0 spiro atoms. The summed E-state index contributed by atoms with van der Waals surface area (Å²) >= 11 is 0. The number of hydrogen-bond donors (Lipinski definition) is 1. The van der Waals surface area contributed by atoms with Gasteiger partial charge in [-0.15, -0.1) is 10.2 Å². The average Bonchev–Trinajstić information content (AvgIpc) is 3.10. The molecular formula is C18H14F3N3O2. The highest BCUT2D eigenvalue weighted by Gasteiger charge is 2.30. The molecule has 134 valence electrons. The van der Waals surface area contributed by atoms with E-state index in [9.17, 15) is 18.0 Å². The Bertz CT molecular complexity index is 892. The molecular weight excluding hydrogens is 347 g/mol. The molecule has 0 saturated carbocycles. The number of amides is 1. The largest absolute Gasteiger partial charge is 0.417 e. The fraction of sp³-hybridized carbons (Fsp3) is 0.167. The van der Waals surface area contributed by atoms with Crippen molar-refractivity contribution in [3.05, 3.63) is 77.5 Å². The van der Waals surface area contributed by atoms with E-state index in [0.717, 1.165) is 17.7 Å². The van der Waals surface area contributed by atoms with Crippen LogP contribution in [0.25, 0.3) is 0 Å². The minimum atomic E-state index is -4.49. The van der Waals surface area contributed by atoms with E-state index < -0.39 is 17.6 Å². The Balaban J connectivity index is 1.63. The number of nitrogens with one attached hydrogen (secondary N) is 1. The number of nitrogens with zero attached hydrogens (tertiary/aromatic N) is 2. The van der Waals surface area contributed by atoms with Gasteiger partial charge in [-0.3, -0.25) is 4.79 Å². The molecule has 0 aliphatic rings. The highest BCUT2D eigenvalue weighted by atomic mass is 19.4. The first-order valence-electron chi connectivity index (χ1n) is 7.77. The summed E-state index contributed by atoms with van der Waals surface area (Å²) in [5.41, 5.74) is 0.221. The molecule has 1 heterocycles. The summed E-state index contributed by atoms with van der Waals surface area (Å²) in [6.45, 7) is 0. The molecule has 0 aliphatic carbocycles. The van der Waals surface area contributed by atoms with Crippen LogP contribution in [-0.2, 0) is 19.0 Å². The smallest absolute Gasteiger partial charge is 0.416 e. The number of aryl methyl sites for hydroxylation is 2. The maximum atomic E-state index is 12.7. The summed E-state index contributed by atoms with van der Waals surface area (Å²) in [6.07, 6.45) is -3.37. The van der Waals surface area contributed by atoms with E-state index >= 15 is 0 Å². The van der Waals surface area contributed by atoms with Gasteiger partial charge < -0.3 is 9.73 Å². The summed E-state index contributed by atoms with van der Waals surface area (Å²) in [4.78, 5) is 12.1. The minimum Gasteiger partial charge on any atom is -0.417 e. The van der Waals surface area contributed by atoms with Crippen LogP contribution >= 0.6 is 0 Å². The lowest BCUT2D eigenvalue weighted by molar-refractivity contribution is -0.137. The maximum Gasteiger partial charge on any atom is 0.416 e. The van der Waals surface area contributed by atoms with Crippen molar-refractivity contribution in [3.63, 3.8) is 0 Å². The molecule has 2 aromatic carbocycles. The van der Waals surface area contributed by atoms with E-state index in [1.807, 2.05) is 30.3 Å². The minimum absolute atomic E-state index is 0.00568. The molecule has 0 atom stereocenters. The van der Waals surface area contributed by atoms with Crippen LogP contribution in [0.15, 0.2) is 59.0 Å². The molecule has 1 amide bonds. The van der Waals surface area contributed by atoms with Crippen molar-refractivity contribution in [2.45, 2.75) is 19.0 Å². The van der Waals surface area contributed by atoms with Crippen molar-refractivity contribution in [2.24, 2.45) is 0 Å². The van der Waals surface area contributed by atoms with Gasteiger partial charge in [0.25, 0.3) is 0 Å². The lowest BCUT2D eigenvalue weighted by Crippen LogP contribution is -2.13. The number of rotatable bonds is 5. The zero-order valence-electron chi connectivity index (χ0n) is 13.5. The highest BCUT2D eigenvalue weighted by molar-refractivity contribution is 6.00. The molecule has 0 unspecified atom stereocenters. The third kappa shape index (κ3) is 4.47. The van der Waals surface area contributed by atoms with Crippen molar-refractivity contribution in [2.75, 3.05) is 5.32 Å². The average molecular weight is 361 g/mol. The van der Waals surface area contributed by atoms with E-state index in [0.29, 0.717) is 12.8 Å². The topological polar surface area (TPSA) is 68.0 Å². The van der Waals surface area contributed by atoms with Gasteiger partial charge in [-0.2, -0.15) is 13.2 Å². The molecule has 0 radical (unpaired) electrons. The molecule has 0 aliphatic heterocycles. The van der Waals surface area contributed by atoms with Gasteiger partial charge in [0.15, 0.2) is 0 Å². The van der Waals surface area contributed by atoms with E-state index in [1.165, 1.54) is 12.1 Å². The summed E-state index contributed by atoms with van der Waals surface area (Å²) in [6, 6.07) is 14.0. The molecule has 0 fully saturated rings. The van der Waals surface area contributed by atoms with Gasteiger partial charge in [0.05, 0.1) is 5.56 Å². The first kappa shape index (κ1) is 17.7. The summed E-state index contributed by atoms with van der Waals surface area (Å²) < 4.78 is 43.4. The van der Waals surface area contributed by atoms with Crippen LogP contribution in [0.3, 0.4) is 0 Å². The number of benzene rings is 2. The van der Waals surface area contributed by atoms with Crippen LogP contribution in [0.2, 0.25) is 0 Å². The first-order valence-corrected chi connectivity index (χ1v) is 7.77. The molecule has 3 rings (SSSR count). The van der Waals surface area contributed by atoms with Gasteiger partial charge in [-0.05, 0) is 30.2 Å². The predicted molar refractivity (Wildman–Crippen MR) is 87.5 cm³/mol. The monoisotopic (exact) mass is 361 g/mol. The lowest BCUT2D eigenvalue weighted by Gasteiger charge is -2.08. The van der Waals surface area contributed by atoms with E-state index in [1.54, 1.807) is 0 Å². The number of carbonyl (C=O) groups excluding carboxylic acids is 1. The van der Waals surface area contributed by atoms with Gasteiger partial charge in [0, 0.05) is 12.1 Å². The quantitative estimate of drug-likeness (QED) is 0.742. The number of anilines is 1. The molecule has 0 saturated heterocycles. The second-order valence-electron chi connectivity index (χ2n) is 5.52. The Morgan fingerprint density at radius 1 is 1.00 bits per heavy atom. The Morgan fingerprint density at radius 2 is 1.77 bits per heavy atom.